The Morgan fingerprint density at radius 2 is 1.82 bits per heavy atom. The number of nitrogens with one attached hydrogen (secondary N) is 1. The summed E-state index contributed by atoms with van der Waals surface area (Å²) in [7, 11) is 0. The number of thiazole rings is 1. The summed E-state index contributed by atoms with van der Waals surface area (Å²) >= 11 is 1.07. The highest BCUT2D eigenvalue weighted by Crippen LogP contribution is 2.22. The van der Waals surface area contributed by atoms with Crippen LogP contribution in [0.2, 0.25) is 0 Å². The largest absolute Gasteiger partial charge is 0.477 e. The van der Waals surface area contributed by atoms with E-state index in [0.717, 1.165) is 28.0 Å². The molecule has 2 N–H and O–H groups in total. The lowest BCUT2D eigenvalue weighted by Gasteiger charge is -2.15. The molecule has 0 spiro atoms. The number of aryl methyl sites for hydroxylation is 3. The summed E-state index contributed by atoms with van der Waals surface area (Å²) in [5.74, 6) is -1.18. The zero-order valence-electron chi connectivity index (χ0n) is 12.9. The number of carboxylic acid groups (broad SMARTS) is 1. The molecule has 0 fully saturated rings. The summed E-state index contributed by atoms with van der Waals surface area (Å²) in [5.41, 5.74) is 3.62. The van der Waals surface area contributed by atoms with Gasteiger partial charge in [-0.2, -0.15) is 0 Å². The van der Waals surface area contributed by atoms with Gasteiger partial charge in [-0.25, -0.2) is 9.78 Å². The number of hydrogen-bond acceptors (Lipinski definition) is 4. The van der Waals surface area contributed by atoms with Crippen LogP contribution < -0.4 is 5.32 Å². The third kappa shape index (κ3) is 3.33. The van der Waals surface area contributed by atoms with E-state index >= 15 is 0 Å². The summed E-state index contributed by atoms with van der Waals surface area (Å²) in [5, 5.41) is 12.4. The van der Waals surface area contributed by atoms with E-state index in [0.29, 0.717) is 10.6 Å². The monoisotopic (exact) mass is 318 g/mol. The minimum atomic E-state index is -1.01. The first kappa shape index (κ1) is 16.2. The van der Waals surface area contributed by atoms with Crippen molar-refractivity contribution >= 4 is 23.2 Å². The van der Waals surface area contributed by atoms with Gasteiger partial charge in [-0.15, -0.1) is 11.3 Å². The van der Waals surface area contributed by atoms with Crippen molar-refractivity contribution in [3.63, 3.8) is 0 Å². The van der Waals surface area contributed by atoms with Crippen molar-refractivity contribution in [3.8, 4) is 0 Å². The van der Waals surface area contributed by atoms with E-state index in [1.165, 1.54) is 6.20 Å². The van der Waals surface area contributed by atoms with Gasteiger partial charge in [0.25, 0.3) is 5.91 Å². The van der Waals surface area contributed by atoms with Crippen molar-refractivity contribution < 1.29 is 14.7 Å². The molecule has 116 valence electrons. The molecule has 1 aromatic carbocycles. The van der Waals surface area contributed by atoms with Gasteiger partial charge in [0.05, 0.1) is 12.2 Å². The molecule has 1 heterocycles. The third-order valence-electron chi connectivity index (χ3n) is 3.36. The number of rotatable bonds is 4. The van der Waals surface area contributed by atoms with Gasteiger partial charge in [0.1, 0.15) is 9.88 Å². The van der Waals surface area contributed by atoms with Crippen LogP contribution in [0.4, 0.5) is 0 Å². The topological polar surface area (TPSA) is 79.3 Å². The van der Waals surface area contributed by atoms with E-state index in [9.17, 15) is 9.59 Å². The van der Waals surface area contributed by atoms with Gasteiger partial charge in [-0.05, 0) is 38.8 Å². The van der Waals surface area contributed by atoms with Gasteiger partial charge < -0.3 is 10.4 Å². The Kier molecular flexibility index (Phi) is 4.61. The number of aromatic carboxylic acids is 1. The summed E-state index contributed by atoms with van der Waals surface area (Å²) in [6, 6.07) is 3.60. The minimum Gasteiger partial charge on any atom is -0.477 e. The van der Waals surface area contributed by atoms with Gasteiger partial charge in [0.2, 0.25) is 0 Å². The molecule has 6 heteroatoms. The van der Waals surface area contributed by atoms with E-state index in [4.69, 9.17) is 5.11 Å². The number of hydrogen-bond donors (Lipinski definition) is 2. The predicted molar refractivity (Wildman–Crippen MR) is 85.6 cm³/mol. The molecular weight excluding hydrogens is 300 g/mol. The average molecular weight is 318 g/mol. The molecule has 2 rings (SSSR count). The Labute approximate surface area is 133 Å². The Hall–Kier alpha value is -2.21. The Morgan fingerprint density at radius 3 is 2.32 bits per heavy atom. The van der Waals surface area contributed by atoms with Crippen molar-refractivity contribution in [1.29, 1.82) is 0 Å². The molecular formula is C16H18N2O3S. The average Bonchev–Trinajstić information content (AvgIpc) is 2.86. The molecule has 0 saturated heterocycles. The molecule has 2 aromatic rings. The number of aromatic nitrogens is 1. The van der Waals surface area contributed by atoms with E-state index in [1.54, 1.807) is 6.92 Å². The Morgan fingerprint density at radius 1 is 1.23 bits per heavy atom. The number of carbonyl (C=O) groups is 2. The second-order valence-corrected chi connectivity index (χ2v) is 6.40. The lowest BCUT2D eigenvalue weighted by molar-refractivity contribution is 0.0701. The van der Waals surface area contributed by atoms with Crippen LogP contribution in [-0.2, 0) is 0 Å². The van der Waals surface area contributed by atoms with Crippen molar-refractivity contribution in [1.82, 2.24) is 10.3 Å². The number of amides is 1. The highest BCUT2D eigenvalue weighted by Gasteiger charge is 2.19. The fourth-order valence-electron chi connectivity index (χ4n) is 2.46. The maximum absolute atomic E-state index is 12.5. The maximum atomic E-state index is 12.5. The number of carboxylic acids is 1. The van der Waals surface area contributed by atoms with Gasteiger partial charge in [0.15, 0.2) is 0 Å². The number of carbonyl (C=O) groups excluding carboxylic acids is 1. The van der Waals surface area contributed by atoms with E-state index < -0.39 is 5.97 Å². The molecule has 1 aromatic heterocycles. The van der Waals surface area contributed by atoms with Gasteiger partial charge in [-0.3, -0.25) is 4.79 Å². The molecule has 0 aliphatic heterocycles. The minimum absolute atomic E-state index is 0.166. The Bertz CT molecular complexity index is 714. The SMILES string of the molecule is Cc1cc(C)c(C(=O)NC(C)c2ncc(C(=O)O)s2)c(C)c1. The van der Waals surface area contributed by atoms with Crippen molar-refractivity contribution in [2.75, 3.05) is 0 Å². The normalized spacial score (nSPS) is 12.0. The molecule has 1 atom stereocenters. The zero-order chi connectivity index (χ0) is 16.4. The fourth-order valence-corrected chi connectivity index (χ4v) is 3.21. The standard InChI is InChI=1S/C16H18N2O3S/c1-8-5-9(2)13(10(3)6-8)14(19)18-11(4)15-17-7-12(22-15)16(20)21/h5-7,11H,1-4H3,(H,18,19)(H,20,21). The van der Waals surface area contributed by atoms with Gasteiger partial charge >= 0.3 is 5.97 Å². The summed E-state index contributed by atoms with van der Waals surface area (Å²) in [6.45, 7) is 7.60. The van der Waals surface area contributed by atoms with Crippen LogP contribution in [0.5, 0.6) is 0 Å². The van der Waals surface area contributed by atoms with Gasteiger partial charge in [-0.1, -0.05) is 17.7 Å². The second-order valence-electron chi connectivity index (χ2n) is 5.34. The first-order chi connectivity index (χ1) is 10.3. The summed E-state index contributed by atoms with van der Waals surface area (Å²) in [6.07, 6.45) is 1.31. The number of benzene rings is 1. The smallest absolute Gasteiger partial charge is 0.347 e. The molecule has 0 aliphatic rings. The molecule has 5 nitrogen and oxygen atoms in total. The van der Waals surface area contributed by atoms with Crippen LogP contribution in [0.1, 0.15) is 54.7 Å². The Balaban J connectivity index is 2.19. The quantitative estimate of drug-likeness (QED) is 0.907. The van der Waals surface area contributed by atoms with E-state index in [1.807, 2.05) is 32.9 Å². The van der Waals surface area contributed by atoms with Crippen LogP contribution >= 0.6 is 11.3 Å². The second kappa shape index (κ2) is 6.27. The first-order valence-corrected chi connectivity index (χ1v) is 7.69. The third-order valence-corrected chi connectivity index (χ3v) is 4.52. The van der Waals surface area contributed by atoms with Crippen LogP contribution in [0.3, 0.4) is 0 Å². The summed E-state index contributed by atoms with van der Waals surface area (Å²) < 4.78 is 0. The van der Waals surface area contributed by atoms with Crippen LogP contribution in [-0.4, -0.2) is 22.0 Å². The molecule has 0 aliphatic carbocycles. The van der Waals surface area contributed by atoms with Crippen molar-refractivity contribution in [2.45, 2.75) is 33.7 Å². The molecule has 0 bridgehead atoms. The lowest BCUT2D eigenvalue weighted by Crippen LogP contribution is -2.28. The van der Waals surface area contributed by atoms with Crippen molar-refractivity contribution in [2.24, 2.45) is 0 Å². The molecule has 22 heavy (non-hydrogen) atoms. The molecule has 1 amide bonds. The molecule has 1 unspecified atom stereocenters. The summed E-state index contributed by atoms with van der Waals surface area (Å²) in [4.78, 5) is 27.6. The van der Waals surface area contributed by atoms with Crippen molar-refractivity contribution in [3.05, 3.63) is 50.5 Å². The van der Waals surface area contributed by atoms with Gasteiger partial charge in [0, 0.05) is 5.56 Å². The highest BCUT2D eigenvalue weighted by atomic mass is 32.1. The van der Waals surface area contributed by atoms with Crippen LogP contribution in [0.25, 0.3) is 0 Å². The van der Waals surface area contributed by atoms with E-state index in [2.05, 4.69) is 10.3 Å². The van der Waals surface area contributed by atoms with Crippen LogP contribution in [0.15, 0.2) is 18.3 Å². The molecule has 0 radical (unpaired) electrons. The van der Waals surface area contributed by atoms with Crippen LogP contribution in [0, 0.1) is 20.8 Å². The van der Waals surface area contributed by atoms with E-state index in [-0.39, 0.29) is 16.8 Å². The number of nitrogens with zero attached hydrogens (tertiary/aromatic N) is 1. The highest BCUT2D eigenvalue weighted by molar-refractivity contribution is 7.13. The zero-order valence-corrected chi connectivity index (χ0v) is 13.7. The molecule has 0 saturated carbocycles. The maximum Gasteiger partial charge on any atom is 0.347 e. The lowest BCUT2D eigenvalue weighted by atomic mass is 9.99. The fraction of sp³-hybridized carbons (Fsp3) is 0.312. The first-order valence-electron chi connectivity index (χ1n) is 6.87. The predicted octanol–water partition coefficient (Wildman–Crippen LogP) is 3.26.